The number of ether oxygens (including phenoxy) is 1. The van der Waals surface area contributed by atoms with E-state index in [1.807, 2.05) is 21.1 Å². The van der Waals surface area contributed by atoms with Gasteiger partial charge in [0.05, 0.1) is 51.8 Å². The van der Waals surface area contributed by atoms with Crippen molar-refractivity contribution >= 4 is 19.5 Å². The number of unbranched alkanes of at least 4 members (excludes halogenated alkanes) is 5. The maximum atomic E-state index is 12.1. The second-order valence-electron chi connectivity index (χ2n) is 8.82. The third-order valence-electron chi connectivity index (χ3n) is 4.53. The second kappa shape index (κ2) is 14.3. The Morgan fingerprint density at radius 2 is 1.73 bits per heavy atom. The summed E-state index contributed by atoms with van der Waals surface area (Å²) in [6, 6.07) is 6.08. The van der Waals surface area contributed by atoms with Crippen molar-refractivity contribution in [2.24, 2.45) is 0 Å². The predicted octanol–water partition coefficient (Wildman–Crippen LogP) is 4.00. The summed E-state index contributed by atoms with van der Waals surface area (Å²) in [5.41, 5.74) is -0.00155. The van der Waals surface area contributed by atoms with Gasteiger partial charge in [0, 0.05) is 6.07 Å². The van der Waals surface area contributed by atoms with Gasteiger partial charge in [0.2, 0.25) is 0 Å². The van der Waals surface area contributed by atoms with E-state index < -0.39 is 24.8 Å². The first kappa shape index (κ1) is 29.0. The van der Waals surface area contributed by atoms with E-state index in [0.717, 1.165) is 32.1 Å². The van der Waals surface area contributed by atoms with Crippen LogP contribution in [0.25, 0.3) is 0 Å². The lowest BCUT2D eigenvalue weighted by Gasteiger charge is -2.29. The molecule has 0 radical (unpaired) electrons. The molecule has 0 bridgehead atoms. The fourth-order valence-corrected chi connectivity index (χ4v) is 4.07. The van der Waals surface area contributed by atoms with Crippen LogP contribution in [-0.4, -0.2) is 72.4 Å². The molecule has 12 heteroatoms. The average Bonchev–Trinajstić information content (AvgIpc) is 2.67. The normalized spacial score (nSPS) is 14.4. The van der Waals surface area contributed by atoms with Gasteiger partial charge in [-0.05, 0) is 18.9 Å². The topological polar surface area (TPSA) is 145 Å². The third kappa shape index (κ3) is 14.7. The van der Waals surface area contributed by atoms with Crippen LogP contribution >= 0.6 is 7.82 Å². The van der Waals surface area contributed by atoms with Crippen molar-refractivity contribution in [2.45, 2.75) is 51.0 Å². The average molecular weight is 491 g/mol. The molecular weight excluding hydrogens is 455 g/mol. The van der Waals surface area contributed by atoms with E-state index in [4.69, 9.17) is 18.9 Å². The van der Waals surface area contributed by atoms with Crippen molar-refractivity contribution < 1.29 is 42.6 Å². The number of nitro benzene ring substituents is 1. The summed E-state index contributed by atoms with van der Waals surface area (Å²) in [5.74, 6) is -0.632. The van der Waals surface area contributed by atoms with Gasteiger partial charge in [-0.1, -0.05) is 31.7 Å². The van der Waals surface area contributed by atoms with Crippen molar-refractivity contribution in [1.82, 2.24) is 0 Å². The Hall–Kier alpha value is -2.04. The van der Waals surface area contributed by atoms with Crippen molar-refractivity contribution in [3.8, 4) is 5.75 Å². The summed E-state index contributed by atoms with van der Waals surface area (Å²) in [7, 11) is 1.17. The minimum atomic E-state index is -4.33. The Morgan fingerprint density at radius 3 is 2.30 bits per heavy atom. The Labute approximate surface area is 194 Å². The monoisotopic (exact) mass is 491 g/mol. The molecule has 2 atom stereocenters. The molecule has 0 aliphatic heterocycles. The number of phosphoric acid groups is 1. The Balaban J connectivity index is 2.16. The van der Waals surface area contributed by atoms with E-state index in [1.54, 1.807) is 12.1 Å². The molecule has 11 nitrogen and oxygen atoms in total. The minimum Gasteiger partial charge on any atom is -0.493 e. The van der Waals surface area contributed by atoms with Crippen LogP contribution in [0, 0.1) is 10.1 Å². The van der Waals surface area contributed by atoms with Crippen LogP contribution in [0.3, 0.4) is 0 Å². The number of benzene rings is 1. The fraction of sp³-hybridized carbons (Fsp3) is 0.667. The standard InChI is InChI=1S/C21H35N2O9P/c1-23(2,3)17-20(16-21(24)25)32-33(28,29)31-14-9-7-5-4-6-8-13-30-19-12-10-11-18(15-19)22(26)27/h10-12,15,20H,4-9,13-14,16-17H2,1-3H3,(H-,24,25,28,29)/p+1. The maximum Gasteiger partial charge on any atom is 0.472 e. The number of hydrogen-bond donors (Lipinski definition) is 2. The number of carboxylic acids is 1. The molecule has 1 aromatic carbocycles. The molecule has 0 spiro atoms. The molecule has 1 rings (SSSR count). The first-order chi connectivity index (χ1) is 15.4. The van der Waals surface area contributed by atoms with E-state index in [-0.39, 0.29) is 25.3 Å². The van der Waals surface area contributed by atoms with E-state index in [2.05, 4.69) is 0 Å². The Kier molecular flexibility index (Phi) is 12.5. The van der Waals surface area contributed by atoms with Crippen LogP contribution in [0.5, 0.6) is 5.75 Å². The molecule has 2 N–H and O–H groups in total. The Morgan fingerprint density at radius 1 is 1.12 bits per heavy atom. The SMILES string of the molecule is C[N+](C)(C)CC(CC(=O)O)OP(=O)(O)OCCCCCCCCOc1cccc([N+](=O)[O-])c1. The number of rotatable bonds is 18. The van der Waals surface area contributed by atoms with E-state index in [1.165, 1.54) is 12.1 Å². The van der Waals surface area contributed by atoms with Crippen LogP contribution in [-0.2, 0) is 18.4 Å². The molecule has 33 heavy (non-hydrogen) atoms. The molecule has 0 saturated carbocycles. The maximum absolute atomic E-state index is 12.1. The number of aliphatic carboxylic acids is 1. The lowest BCUT2D eigenvalue weighted by molar-refractivity contribution is -0.873. The molecule has 2 unspecified atom stereocenters. The molecule has 188 valence electrons. The Bertz CT molecular complexity index is 798. The number of phosphoric ester groups is 1. The van der Waals surface area contributed by atoms with Gasteiger partial charge < -0.3 is 19.2 Å². The van der Waals surface area contributed by atoms with Gasteiger partial charge in [-0.25, -0.2) is 4.57 Å². The van der Waals surface area contributed by atoms with E-state index >= 15 is 0 Å². The summed E-state index contributed by atoms with van der Waals surface area (Å²) in [6.07, 6.45) is 3.70. The first-order valence-corrected chi connectivity index (χ1v) is 12.4. The molecule has 0 saturated heterocycles. The molecule has 0 aromatic heterocycles. The van der Waals surface area contributed by atoms with Crippen molar-refractivity contribution in [1.29, 1.82) is 0 Å². The summed E-state index contributed by atoms with van der Waals surface area (Å²) >= 11 is 0. The zero-order valence-corrected chi connectivity index (χ0v) is 20.4. The number of nitro groups is 1. The molecule has 0 heterocycles. The summed E-state index contributed by atoms with van der Waals surface area (Å²) in [4.78, 5) is 31.2. The molecule has 0 aliphatic rings. The zero-order chi connectivity index (χ0) is 24.9. The van der Waals surface area contributed by atoms with Crippen LogP contribution in [0.15, 0.2) is 24.3 Å². The molecular formula is C21H36N2O9P+. The van der Waals surface area contributed by atoms with Gasteiger partial charge >= 0.3 is 13.8 Å². The number of carbonyl (C=O) groups is 1. The highest BCUT2D eigenvalue weighted by atomic mass is 31.2. The van der Waals surface area contributed by atoms with Crippen LogP contribution in [0.4, 0.5) is 5.69 Å². The van der Waals surface area contributed by atoms with Gasteiger partial charge in [-0.15, -0.1) is 0 Å². The molecule has 0 aliphatic carbocycles. The lowest BCUT2D eigenvalue weighted by Crippen LogP contribution is -2.42. The highest BCUT2D eigenvalue weighted by molar-refractivity contribution is 7.47. The van der Waals surface area contributed by atoms with Crippen molar-refractivity contribution in [2.75, 3.05) is 40.9 Å². The number of nitrogens with zero attached hydrogens (tertiary/aromatic N) is 2. The summed E-state index contributed by atoms with van der Waals surface area (Å²) in [5, 5.41) is 19.7. The number of quaternary nitrogens is 1. The molecule has 0 fully saturated rings. The number of non-ortho nitro benzene ring substituents is 1. The van der Waals surface area contributed by atoms with Crippen LogP contribution in [0.2, 0.25) is 0 Å². The van der Waals surface area contributed by atoms with Gasteiger partial charge in [-0.3, -0.25) is 24.0 Å². The lowest BCUT2D eigenvalue weighted by atomic mass is 10.1. The van der Waals surface area contributed by atoms with Gasteiger partial charge in [0.25, 0.3) is 5.69 Å². The summed E-state index contributed by atoms with van der Waals surface area (Å²) < 4.78 is 28.1. The number of carboxylic acid groups (broad SMARTS) is 1. The molecule has 0 amide bonds. The van der Waals surface area contributed by atoms with Crippen LogP contribution < -0.4 is 4.74 Å². The minimum absolute atomic E-state index is 0.00155. The van der Waals surface area contributed by atoms with E-state index in [9.17, 15) is 24.4 Å². The van der Waals surface area contributed by atoms with Gasteiger partial charge in [0.15, 0.2) is 0 Å². The second-order valence-corrected chi connectivity index (χ2v) is 10.2. The first-order valence-electron chi connectivity index (χ1n) is 10.9. The van der Waals surface area contributed by atoms with Crippen molar-refractivity contribution in [3.05, 3.63) is 34.4 Å². The van der Waals surface area contributed by atoms with Gasteiger partial charge in [-0.2, -0.15) is 0 Å². The van der Waals surface area contributed by atoms with Gasteiger partial charge in [0.1, 0.15) is 18.4 Å². The zero-order valence-electron chi connectivity index (χ0n) is 19.6. The summed E-state index contributed by atoms with van der Waals surface area (Å²) in [6.45, 7) is 0.777. The third-order valence-corrected chi connectivity index (χ3v) is 5.60. The van der Waals surface area contributed by atoms with Crippen molar-refractivity contribution in [3.63, 3.8) is 0 Å². The van der Waals surface area contributed by atoms with Crippen LogP contribution in [0.1, 0.15) is 44.9 Å². The molecule has 1 aromatic rings. The highest BCUT2D eigenvalue weighted by Crippen LogP contribution is 2.45. The highest BCUT2D eigenvalue weighted by Gasteiger charge is 2.31. The number of likely N-dealkylation sites (N-methyl/N-ethyl adjacent to an activating group) is 1. The van der Waals surface area contributed by atoms with E-state index in [0.29, 0.717) is 23.3 Å². The fourth-order valence-electron chi connectivity index (χ4n) is 3.13. The smallest absolute Gasteiger partial charge is 0.472 e. The largest absolute Gasteiger partial charge is 0.493 e. The predicted molar refractivity (Wildman–Crippen MR) is 122 cm³/mol. The quantitative estimate of drug-likeness (QED) is 0.102. The number of hydrogen-bond acceptors (Lipinski definition) is 7.